The zero-order valence-electron chi connectivity index (χ0n) is 9.19. The van der Waals surface area contributed by atoms with Crippen LogP contribution in [0.15, 0.2) is 11.9 Å². The lowest BCUT2D eigenvalue weighted by Crippen LogP contribution is -2.19. The highest BCUT2D eigenvalue weighted by Gasteiger charge is 2.39. The molecular formula is C11H18N2O2. The second-order valence-corrected chi connectivity index (χ2v) is 4.53. The molecule has 2 fully saturated rings. The molecule has 84 valence electrons. The molecule has 0 N–H and O–H groups in total. The number of nitro groups is 1. The van der Waals surface area contributed by atoms with Gasteiger partial charge in [-0.25, -0.2) is 0 Å². The van der Waals surface area contributed by atoms with Gasteiger partial charge in [0, 0.05) is 19.0 Å². The quantitative estimate of drug-likeness (QED) is 0.518. The minimum Gasteiger partial charge on any atom is -0.370 e. The molecule has 1 saturated carbocycles. The summed E-state index contributed by atoms with van der Waals surface area (Å²) in [5, 5.41) is 10.6. The summed E-state index contributed by atoms with van der Waals surface area (Å²) in [7, 11) is 0. The van der Waals surface area contributed by atoms with Crippen molar-refractivity contribution in [1.82, 2.24) is 4.90 Å². The van der Waals surface area contributed by atoms with Crippen molar-refractivity contribution in [3.8, 4) is 0 Å². The first kappa shape index (κ1) is 10.5. The third-order valence-electron chi connectivity index (χ3n) is 3.73. The highest BCUT2D eigenvalue weighted by molar-refractivity contribution is 5.12. The normalized spacial score (nSPS) is 33.1. The SMILES string of the molecule is CCN1CC2CCCCC2C1=C[N+](=O)[O-]. The van der Waals surface area contributed by atoms with Crippen molar-refractivity contribution in [2.75, 3.05) is 13.1 Å². The Hall–Kier alpha value is -1.06. The Kier molecular flexibility index (Phi) is 2.93. The average molecular weight is 210 g/mol. The van der Waals surface area contributed by atoms with Crippen LogP contribution in [0, 0.1) is 22.0 Å². The van der Waals surface area contributed by atoms with Crippen molar-refractivity contribution < 1.29 is 4.92 Å². The fourth-order valence-electron chi connectivity index (χ4n) is 3.04. The number of nitrogens with zero attached hydrogens (tertiary/aromatic N) is 2. The molecule has 4 heteroatoms. The second kappa shape index (κ2) is 4.21. The Bertz CT molecular complexity index is 288. The molecule has 1 aliphatic carbocycles. The van der Waals surface area contributed by atoms with Crippen LogP contribution in [0.1, 0.15) is 32.6 Å². The molecule has 1 aliphatic heterocycles. The molecule has 0 aromatic carbocycles. The molecule has 0 spiro atoms. The van der Waals surface area contributed by atoms with Gasteiger partial charge in [0.15, 0.2) is 0 Å². The van der Waals surface area contributed by atoms with Gasteiger partial charge in [0.1, 0.15) is 0 Å². The Labute approximate surface area is 90.1 Å². The molecule has 2 aliphatic rings. The molecule has 0 aromatic heterocycles. The first-order chi connectivity index (χ1) is 7.22. The average Bonchev–Trinajstić information content (AvgIpc) is 2.56. The van der Waals surface area contributed by atoms with Crippen molar-refractivity contribution in [2.45, 2.75) is 32.6 Å². The van der Waals surface area contributed by atoms with Crippen molar-refractivity contribution in [3.63, 3.8) is 0 Å². The van der Waals surface area contributed by atoms with Crippen LogP contribution in [0.5, 0.6) is 0 Å². The number of rotatable bonds is 2. The van der Waals surface area contributed by atoms with Gasteiger partial charge in [0.25, 0.3) is 6.20 Å². The van der Waals surface area contributed by atoms with E-state index in [1.807, 2.05) is 0 Å². The van der Waals surface area contributed by atoms with E-state index in [1.165, 1.54) is 25.5 Å². The molecule has 0 radical (unpaired) electrons. The standard InChI is InChI=1S/C11H18N2O2/c1-2-12-7-9-5-3-4-6-10(9)11(12)8-13(14)15/h8-10H,2-7H2,1H3. The third kappa shape index (κ3) is 1.98. The largest absolute Gasteiger partial charge is 0.370 e. The highest BCUT2D eigenvalue weighted by Crippen LogP contribution is 2.42. The van der Waals surface area contributed by atoms with Crippen molar-refractivity contribution in [2.24, 2.45) is 11.8 Å². The van der Waals surface area contributed by atoms with Crippen LogP contribution < -0.4 is 0 Å². The number of fused-ring (bicyclic) bond motifs is 1. The zero-order chi connectivity index (χ0) is 10.8. The van der Waals surface area contributed by atoms with Crippen LogP contribution in [0.2, 0.25) is 0 Å². The van der Waals surface area contributed by atoms with E-state index >= 15 is 0 Å². The Balaban J connectivity index is 2.20. The summed E-state index contributed by atoms with van der Waals surface area (Å²) in [6.45, 7) is 4.00. The molecule has 4 nitrogen and oxygen atoms in total. The highest BCUT2D eigenvalue weighted by atomic mass is 16.6. The maximum absolute atomic E-state index is 10.6. The van der Waals surface area contributed by atoms with Crippen molar-refractivity contribution in [1.29, 1.82) is 0 Å². The Morgan fingerprint density at radius 3 is 2.93 bits per heavy atom. The predicted octanol–water partition coefficient (Wildman–Crippen LogP) is 2.25. The van der Waals surface area contributed by atoms with E-state index in [9.17, 15) is 10.1 Å². The summed E-state index contributed by atoms with van der Waals surface area (Å²) in [6.07, 6.45) is 6.15. The molecule has 0 aromatic rings. The summed E-state index contributed by atoms with van der Waals surface area (Å²) in [5.41, 5.74) is 0.979. The summed E-state index contributed by atoms with van der Waals surface area (Å²) in [4.78, 5) is 12.5. The molecule has 2 rings (SSSR count). The smallest absolute Gasteiger partial charge is 0.253 e. The number of allylic oxidation sites excluding steroid dienone is 1. The Morgan fingerprint density at radius 1 is 1.53 bits per heavy atom. The molecular weight excluding hydrogens is 192 g/mol. The molecule has 15 heavy (non-hydrogen) atoms. The van der Waals surface area contributed by atoms with E-state index in [0.717, 1.165) is 25.2 Å². The van der Waals surface area contributed by atoms with E-state index in [4.69, 9.17) is 0 Å². The van der Waals surface area contributed by atoms with Crippen LogP contribution in [-0.2, 0) is 0 Å². The van der Waals surface area contributed by atoms with Gasteiger partial charge in [-0.05, 0) is 25.7 Å². The molecule has 1 saturated heterocycles. The lowest BCUT2D eigenvalue weighted by Gasteiger charge is -2.23. The second-order valence-electron chi connectivity index (χ2n) is 4.53. The van der Waals surface area contributed by atoms with Gasteiger partial charge in [-0.15, -0.1) is 0 Å². The van der Waals surface area contributed by atoms with Crippen LogP contribution in [0.25, 0.3) is 0 Å². The summed E-state index contributed by atoms with van der Waals surface area (Å²) < 4.78 is 0. The first-order valence-electron chi connectivity index (χ1n) is 5.82. The van der Waals surface area contributed by atoms with Gasteiger partial charge in [-0.2, -0.15) is 0 Å². The third-order valence-corrected chi connectivity index (χ3v) is 3.73. The minimum atomic E-state index is -0.297. The maximum Gasteiger partial charge on any atom is 0.253 e. The fraction of sp³-hybridized carbons (Fsp3) is 0.818. The van der Waals surface area contributed by atoms with E-state index in [0.29, 0.717) is 11.8 Å². The van der Waals surface area contributed by atoms with E-state index < -0.39 is 0 Å². The van der Waals surface area contributed by atoms with Gasteiger partial charge in [-0.1, -0.05) is 12.8 Å². The predicted molar refractivity (Wildman–Crippen MR) is 57.8 cm³/mol. The van der Waals surface area contributed by atoms with Gasteiger partial charge in [0.05, 0.1) is 10.6 Å². The van der Waals surface area contributed by atoms with E-state index in [2.05, 4.69) is 11.8 Å². The van der Waals surface area contributed by atoms with Crippen LogP contribution in [0.4, 0.5) is 0 Å². The van der Waals surface area contributed by atoms with Gasteiger partial charge >= 0.3 is 0 Å². The van der Waals surface area contributed by atoms with E-state index in [-0.39, 0.29) is 4.92 Å². The number of hydrogen-bond acceptors (Lipinski definition) is 3. The molecule has 2 unspecified atom stereocenters. The lowest BCUT2D eigenvalue weighted by molar-refractivity contribution is -0.404. The fourth-order valence-corrected chi connectivity index (χ4v) is 3.04. The monoisotopic (exact) mass is 210 g/mol. The minimum absolute atomic E-state index is 0.297. The first-order valence-corrected chi connectivity index (χ1v) is 5.82. The van der Waals surface area contributed by atoms with Gasteiger partial charge in [0.2, 0.25) is 0 Å². The van der Waals surface area contributed by atoms with Crippen LogP contribution in [-0.4, -0.2) is 22.9 Å². The zero-order valence-corrected chi connectivity index (χ0v) is 9.19. The van der Waals surface area contributed by atoms with Gasteiger partial charge in [-0.3, -0.25) is 10.1 Å². The number of hydrogen-bond donors (Lipinski definition) is 0. The molecule has 2 atom stereocenters. The van der Waals surface area contributed by atoms with Crippen LogP contribution in [0.3, 0.4) is 0 Å². The topological polar surface area (TPSA) is 46.4 Å². The summed E-state index contributed by atoms with van der Waals surface area (Å²) in [5.74, 6) is 1.13. The molecule has 0 amide bonds. The van der Waals surface area contributed by atoms with Gasteiger partial charge < -0.3 is 4.90 Å². The number of likely N-dealkylation sites (tertiary alicyclic amines) is 1. The molecule has 1 heterocycles. The van der Waals surface area contributed by atoms with E-state index in [1.54, 1.807) is 0 Å². The maximum atomic E-state index is 10.6. The lowest BCUT2D eigenvalue weighted by atomic mass is 9.80. The summed E-state index contributed by atoms with van der Waals surface area (Å²) >= 11 is 0. The Morgan fingerprint density at radius 2 is 2.27 bits per heavy atom. The van der Waals surface area contributed by atoms with Crippen molar-refractivity contribution >= 4 is 0 Å². The van der Waals surface area contributed by atoms with Crippen molar-refractivity contribution in [3.05, 3.63) is 22.0 Å². The summed E-state index contributed by atoms with van der Waals surface area (Å²) in [6, 6.07) is 0. The van der Waals surface area contributed by atoms with Crippen LogP contribution >= 0.6 is 0 Å². The molecule has 0 bridgehead atoms.